The summed E-state index contributed by atoms with van der Waals surface area (Å²) in [6.07, 6.45) is 0.116. The van der Waals surface area contributed by atoms with Gasteiger partial charge in [0, 0.05) is 43.3 Å². The summed E-state index contributed by atoms with van der Waals surface area (Å²) in [5, 5.41) is 9.52. The highest BCUT2D eigenvalue weighted by Crippen LogP contribution is 2.21. The van der Waals surface area contributed by atoms with Gasteiger partial charge in [-0.15, -0.1) is 0 Å². The van der Waals surface area contributed by atoms with Crippen molar-refractivity contribution in [3.05, 3.63) is 29.3 Å². The second-order valence-electron chi connectivity index (χ2n) is 6.37. The number of carbonyl (C=O) groups excluding carboxylic acids is 2. The molecule has 7 heteroatoms. The summed E-state index contributed by atoms with van der Waals surface area (Å²) in [5.41, 5.74) is 2.75. The maximum Gasteiger partial charge on any atom is 0.247 e. The van der Waals surface area contributed by atoms with Crippen molar-refractivity contribution < 1.29 is 14.8 Å². The molecule has 0 spiro atoms. The van der Waals surface area contributed by atoms with E-state index in [2.05, 4.69) is 4.90 Å². The summed E-state index contributed by atoms with van der Waals surface area (Å²) in [5.74, 6) is -1.08. The van der Waals surface area contributed by atoms with Gasteiger partial charge in [-0.1, -0.05) is 25.4 Å². The molecule has 1 heterocycles. The Morgan fingerprint density at radius 3 is 2.25 bits per heavy atom. The summed E-state index contributed by atoms with van der Waals surface area (Å²) in [6.45, 7) is 6.45. The van der Waals surface area contributed by atoms with E-state index in [4.69, 9.17) is 16.8 Å². The molecule has 132 valence electrons. The Kier molecular flexibility index (Phi) is 6.45. The van der Waals surface area contributed by atoms with Crippen molar-refractivity contribution in [3.63, 3.8) is 0 Å². The minimum absolute atomic E-state index is 0.0172. The van der Waals surface area contributed by atoms with Gasteiger partial charge >= 0.3 is 0 Å². The standard InChI is InChI=1S/C17H24ClN3O3/c1-12(2)15(17(23)19-24)11-16(22)21-9-7-20(8-10-21)14-5-3-13(18)4-6-14/h3-6,12,15,24H,7-11H2,1-2H3,(H,19,23)/t15-/m0/s1. The van der Waals surface area contributed by atoms with Gasteiger partial charge in [0.2, 0.25) is 11.8 Å². The molecule has 1 saturated heterocycles. The predicted octanol–water partition coefficient (Wildman–Crippen LogP) is 2.16. The average Bonchev–Trinajstić information content (AvgIpc) is 2.59. The van der Waals surface area contributed by atoms with Crippen molar-refractivity contribution in [2.45, 2.75) is 20.3 Å². The van der Waals surface area contributed by atoms with Crippen molar-refractivity contribution in [1.29, 1.82) is 0 Å². The molecule has 0 saturated carbocycles. The average molecular weight is 354 g/mol. The molecule has 1 fully saturated rings. The van der Waals surface area contributed by atoms with Crippen LogP contribution in [0.4, 0.5) is 5.69 Å². The lowest BCUT2D eigenvalue weighted by Crippen LogP contribution is -2.49. The van der Waals surface area contributed by atoms with E-state index in [-0.39, 0.29) is 18.2 Å². The van der Waals surface area contributed by atoms with Gasteiger partial charge in [-0.05, 0) is 30.2 Å². The highest BCUT2D eigenvalue weighted by molar-refractivity contribution is 6.30. The second-order valence-corrected chi connectivity index (χ2v) is 6.81. The number of halogens is 1. The van der Waals surface area contributed by atoms with Crippen LogP contribution in [0.25, 0.3) is 0 Å². The fourth-order valence-corrected chi connectivity index (χ4v) is 3.02. The molecule has 6 nitrogen and oxygen atoms in total. The molecule has 1 aliphatic heterocycles. The summed E-state index contributed by atoms with van der Waals surface area (Å²) in [6, 6.07) is 7.66. The molecule has 24 heavy (non-hydrogen) atoms. The normalized spacial score (nSPS) is 16.2. The molecular formula is C17H24ClN3O3. The Morgan fingerprint density at radius 1 is 1.17 bits per heavy atom. The first kappa shape index (κ1) is 18.5. The zero-order valence-corrected chi connectivity index (χ0v) is 14.8. The van der Waals surface area contributed by atoms with Gasteiger partial charge in [0.25, 0.3) is 0 Å². The van der Waals surface area contributed by atoms with Gasteiger partial charge in [0.05, 0.1) is 5.92 Å². The Morgan fingerprint density at radius 2 is 1.75 bits per heavy atom. The summed E-state index contributed by atoms with van der Waals surface area (Å²) in [4.78, 5) is 28.1. The van der Waals surface area contributed by atoms with E-state index in [1.54, 1.807) is 10.4 Å². The second kappa shape index (κ2) is 8.35. The Hall–Kier alpha value is -1.79. The van der Waals surface area contributed by atoms with Gasteiger partial charge in [0.15, 0.2) is 0 Å². The van der Waals surface area contributed by atoms with Gasteiger partial charge in [0.1, 0.15) is 0 Å². The molecular weight excluding hydrogens is 330 g/mol. The largest absolute Gasteiger partial charge is 0.368 e. The highest BCUT2D eigenvalue weighted by atomic mass is 35.5. The molecule has 2 N–H and O–H groups in total. The number of hydrogen-bond acceptors (Lipinski definition) is 4. The van der Waals surface area contributed by atoms with E-state index in [0.29, 0.717) is 18.1 Å². The number of benzene rings is 1. The molecule has 1 aromatic carbocycles. The van der Waals surface area contributed by atoms with Crippen LogP contribution in [0.5, 0.6) is 0 Å². The molecule has 2 amide bonds. The minimum atomic E-state index is -0.517. The highest BCUT2D eigenvalue weighted by Gasteiger charge is 2.29. The first-order valence-corrected chi connectivity index (χ1v) is 8.52. The van der Waals surface area contributed by atoms with Crippen molar-refractivity contribution in [3.8, 4) is 0 Å². The minimum Gasteiger partial charge on any atom is -0.368 e. The van der Waals surface area contributed by atoms with Gasteiger partial charge in [-0.25, -0.2) is 5.48 Å². The Labute approximate surface area is 147 Å². The SMILES string of the molecule is CC(C)[C@H](CC(=O)N1CCN(c2ccc(Cl)cc2)CC1)C(=O)NO. The monoisotopic (exact) mass is 353 g/mol. The van der Waals surface area contributed by atoms with Crippen LogP contribution < -0.4 is 10.4 Å². The van der Waals surface area contributed by atoms with Gasteiger partial charge in [-0.3, -0.25) is 14.8 Å². The van der Waals surface area contributed by atoms with Crippen molar-refractivity contribution in [1.82, 2.24) is 10.4 Å². The molecule has 0 aliphatic carbocycles. The molecule has 1 aromatic rings. The van der Waals surface area contributed by atoms with E-state index in [1.807, 2.05) is 38.1 Å². The summed E-state index contributed by atoms with van der Waals surface area (Å²) >= 11 is 5.90. The van der Waals surface area contributed by atoms with Crippen molar-refractivity contribution in [2.24, 2.45) is 11.8 Å². The lowest BCUT2D eigenvalue weighted by Gasteiger charge is -2.36. The lowest BCUT2D eigenvalue weighted by molar-refractivity contribution is -0.141. The van der Waals surface area contributed by atoms with E-state index in [9.17, 15) is 9.59 Å². The number of nitrogens with one attached hydrogen (secondary N) is 1. The topological polar surface area (TPSA) is 72.9 Å². The van der Waals surface area contributed by atoms with Crippen molar-refractivity contribution >= 4 is 29.1 Å². The third kappa shape index (κ3) is 4.61. The molecule has 0 bridgehead atoms. The zero-order valence-electron chi connectivity index (χ0n) is 14.0. The first-order chi connectivity index (χ1) is 11.4. The van der Waals surface area contributed by atoms with Crippen LogP contribution in [0, 0.1) is 11.8 Å². The number of rotatable bonds is 5. The third-order valence-electron chi connectivity index (χ3n) is 4.47. The van der Waals surface area contributed by atoms with Crippen LogP contribution >= 0.6 is 11.6 Å². The van der Waals surface area contributed by atoms with E-state index >= 15 is 0 Å². The molecule has 0 aromatic heterocycles. The number of hydrogen-bond donors (Lipinski definition) is 2. The lowest BCUT2D eigenvalue weighted by atomic mass is 9.91. The van der Waals surface area contributed by atoms with E-state index in [0.717, 1.165) is 18.8 Å². The van der Waals surface area contributed by atoms with Crippen LogP contribution in [0.1, 0.15) is 20.3 Å². The van der Waals surface area contributed by atoms with E-state index < -0.39 is 11.8 Å². The third-order valence-corrected chi connectivity index (χ3v) is 4.72. The van der Waals surface area contributed by atoms with Crippen LogP contribution in [-0.4, -0.2) is 48.1 Å². The fourth-order valence-electron chi connectivity index (χ4n) is 2.90. The van der Waals surface area contributed by atoms with Crippen molar-refractivity contribution in [2.75, 3.05) is 31.1 Å². The van der Waals surface area contributed by atoms with Crippen LogP contribution in [0.15, 0.2) is 24.3 Å². The maximum absolute atomic E-state index is 12.4. The molecule has 0 radical (unpaired) electrons. The van der Waals surface area contributed by atoms with Crippen LogP contribution in [-0.2, 0) is 9.59 Å². The molecule has 1 aliphatic rings. The number of hydroxylamine groups is 1. The maximum atomic E-state index is 12.4. The van der Waals surface area contributed by atoms with E-state index in [1.165, 1.54) is 0 Å². The Bertz CT molecular complexity index is 569. The fraction of sp³-hybridized carbons (Fsp3) is 0.529. The number of piperazine rings is 1. The summed E-state index contributed by atoms with van der Waals surface area (Å²) in [7, 11) is 0. The zero-order chi connectivity index (χ0) is 17.7. The number of nitrogens with zero attached hydrogens (tertiary/aromatic N) is 2. The quantitative estimate of drug-likeness (QED) is 0.628. The number of carbonyl (C=O) groups is 2. The van der Waals surface area contributed by atoms with Crippen LogP contribution in [0.2, 0.25) is 5.02 Å². The summed E-state index contributed by atoms with van der Waals surface area (Å²) < 4.78 is 0. The van der Waals surface area contributed by atoms with Gasteiger partial charge in [-0.2, -0.15) is 0 Å². The number of amides is 2. The van der Waals surface area contributed by atoms with Crippen LogP contribution in [0.3, 0.4) is 0 Å². The Balaban J connectivity index is 1.90. The molecule has 1 atom stereocenters. The molecule has 0 unspecified atom stereocenters. The first-order valence-electron chi connectivity index (χ1n) is 8.14. The smallest absolute Gasteiger partial charge is 0.247 e. The van der Waals surface area contributed by atoms with Gasteiger partial charge < -0.3 is 9.80 Å². The predicted molar refractivity (Wildman–Crippen MR) is 93.1 cm³/mol. The number of anilines is 1. The molecule has 2 rings (SSSR count).